The normalized spacial score (nSPS) is 11.6. The molecule has 0 atom stereocenters. The molecule has 4 rings (SSSR count). The van der Waals surface area contributed by atoms with Crippen LogP contribution in [0.4, 0.5) is 11.6 Å². The van der Waals surface area contributed by atoms with Crippen molar-refractivity contribution in [3.63, 3.8) is 0 Å². The Morgan fingerprint density at radius 2 is 1.90 bits per heavy atom. The van der Waals surface area contributed by atoms with Crippen molar-refractivity contribution in [1.29, 1.82) is 0 Å². The molecule has 3 heterocycles. The number of pyridine rings is 1. The lowest BCUT2D eigenvalue weighted by Gasteiger charge is -2.09. The molecular formula is C21H22N6O3S. The summed E-state index contributed by atoms with van der Waals surface area (Å²) in [6.07, 6.45) is 5.96. The fourth-order valence-electron chi connectivity index (χ4n) is 3.04. The third kappa shape index (κ3) is 4.88. The molecule has 0 radical (unpaired) electrons. The zero-order valence-corrected chi connectivity index (χ0v) is 17.7. The van der Waals surface area contributed by atoms with E-state index in [9.17, 15) is 8.42 Å². The number of rotatable bonds is 9. The highest BCUT2D eigenvalue weighted by Crippen LogP contribution is 2.21. The van der Waals surface area contributed by atoms with Crippen LogP contribution in [0.5, 0.6) is 0 Å². The number of benzene rings is 1. The average molecular weight is 439 g/mol. The predicted octanol–water partition coefficient (Wildman–Crippen LogP) is 2.85. The first-order chi connectivity index (χ1) is 15.1. The number of aromatic nitrogens is 4. The van der Waals surface area contributed by atoms with Gasteiger partial charge in [0.05, 0.1) is 22.5 Å². The Kier molecular flexibility index (Phi) is 6.21. The fraction of sp³-hybridized carbons (Fsp3) is 0.190. The van der Waals surface area contributed by atoms with Crippen molar-refractivity contribution in [2.75, 3.05) is 25.6 Å². The third-order valence-corrected chi connectivity index (χ3v) is 6.05. The molecule has 2 N–H and O–H groups in total. The van der Waals surface area contributed by atoms with Crippen LogP contribution in [0.2, 0.25) is 0 Å². The molecule has 0 saturated heterocycles. The van der Waals surface area contributed by atoms with E-state index in [0.29, 0.717) is 31.2 Å². The van der Waals surface area contributed by atoms with E-state index in [1.165, 1.54) is 12.1 Å². The topological polar surface area (TPSA) is 111 Å². The minimum Gasteiger partial charge on any atom is -0.385 e. The van der Waals surface area contributed by atoms with E-state index < -0.39 is 10.0 Å². The molecule has 10 heteroatoms. The maximum Gasteiger partial charge on any atom is 0.240 e. The molecule has 0 aliphatic rings. The Hall–Kier alpha value is -3.34. The van der Waals surface area contributed by atoms with Crippen LogP contribution in [0.1, 0.15) is 6.42 Å². The van der Waals surface area contributed by atoms with Gasteiger partial charge in [-0.3, -0.25) is 4.40 Å². The first kappa shape index (κ1) is 20.9. The van der Waals surface area contributed by atoms with Crippen LogP contribution in [0.25, 0.3) is 17.0 Å². The SMILES string of the molecule is COCCCNS(=O)(=O)c1ccc(Nc2nccc(-c3cnc4ccccn34)n2)cc1. The lowest BCUT2D eigenvalue weighted by Crippen LogP contribution is -2.25. The highest BCUT2D eigenvalue weighted by molar-refractivity contribution is 7.89. The van der Waals surface area contributed by atoms with E-state index in [2.05, 4.69) is 25.0 Å². The van der Waals surface area contributed by atoms with Crippen molar-refractivity contribution in [2.45, 2.75) is 11.3 Å². The molecule has 0 spiro atoms. The van der Waals surface area contributed by atoms with E-state index >= 15 is 0 Å². The second-order valence-corrected chi connectivity index (χ2v) is 8.50. The molecule has 0 amide bonds. The number of sulfonamides is 1. The van der Waals surface area contributed by atoms with Gasteiger partial charge in [0.15, 0.2) is 0 Å². The van der Waals surface area contributed by atoms with Crippen LogP contribution in [0.3, 0.4) is 0 Å². The summed E-state index contributed by atoms with van der Waals surface area (Å²) in [5, 5.41) is 3.11. The Labute approximate surface area is 180 Å². The minimum atomic E-state index is -3.56. The van der Waals surface area contributed by atoms with Crippen LogP contribution in [-0.4, -0.2) is 48.0 Å². The maximum atomic E-state index is 12.3. The summed E-state index contributed by atoms with van der Waals surface area (Å²) in [5.74, 6) is 0.400. The number of hydrogen-bond donors (Lipinski definition) is 2. The van der Waals surface area contributed by atoms with Crippen LogP contribution in [0, 0.1) is 0 Å². The third-order valence-electron chi connectivity index (χ3n) is 4.57. The monoisotopic (exact) mass is 438 g/mol. The van der Waals surface area contributed by atoms with Gasteiger partial charge in [-0.1, -0.05) is 6.07 Å². The summed E-state index contributed by atoms with van der Waals surface area (Å²) < 4.78 is 34.1. The van der Waals surface area contributed by atoms with Crippen LogP contribution < -0.4 is 10.0 Å². The summed E-state index contributed by atoms with van der Waals surface area (Å²) in [5.41, 5.74) is 3.07. The van der Waals surface area contributed by atoms with Crippen molar-refractivity contribution in [2.24, 2.45) is 0 Å². The lowest BCUT2D eigenvalue weighted by molar-refractivity contribution is 0.196. The van der Waals surface area contributed by atoms with Gasteiger partial charge in [0.2, 0.25) is 16.0 Å². The van der Waals surface area contributed by atoms with Crippen molar-refractivity contribution < 1.29 is 13.2 Å². The molecule has 31 heavy (non-hydrogen) atoms. The van der Waals surface area contributed by atoms with E-state index in [0.717, 1.165) is 17.0 Å². The van der Waals surface area contributed by atoms with Crippen molar-refractivity contribution in [3.8, 4) is 11.4 Å². The van der Waals surface area contributed by atoms with Gasteiger partial charge in [-0.2, -0.15) is 0 Å². The average Bonchev–Trinajstić information content (AvgIpc) is 3.22. The van der Waals surface area contributed by atoms with Gasteiger partial charge >= 0.3 is 0 Å². The van der Waals surface area contributed by atoms with E-state index in [-0.39, 0.29) is 4.90 Å². The molecule has 0 aliphatic carbocycles. The Morgan fingerprint density at radius 3 is 2.71 bits per heavy atom. The van der Waals surface area contributed by atoms with E-state index in [1.807, 2.05) is 34.9 Å². The lowest BCUT2D eigenvalue weighted by atomic mass is 10.3. The van der Waals surface area contributed by atoms with Gasteiger partial charge in [0, 0.05) is 38.3 Å². The van der Waals surface area contributed by atoms with Gasteiger partial charge in [-0.25, -0.2) is 28.1 Å². The number of methoxy groups -OCH3 is 1. The number of ether oxygens (including phenoxy) is 1. The number of nitrogens with one attached hydrogen (secondary N) is 2. The van der Waals surface area contributed by atoms with Crippen LogP contribution >= 0.6 is 0 Å². The molecule has 1 aromatic carbocycles. The molecule has 0 fully saturated rings. The molecule has 160 valence electrons. The maximum absolute atomic E-state index is 12.3. The molecular weight excluding hydrogens is 416 g/mol. The second-order valence-electron chi connectivity index (χ2n) is 6.73. The molecule has 0 saturated carbocycles. The van der Waals surface area contributed by atoms with Gasteiger partial charge in [-0.05, 0) is 48.9 Å². The van der Waals surface area contributed by atoms with E-state index in [1.54, 1.807) is 31.6 Å². The Balaban J connectivity index is 1.48. The Morgan fingerprint density at radius 1 is 1.06 bits per heavy atom. The van der Waals surface area contributed by atoms with Gasteiger partial charge in [-0.15, -0.1) is 0 Å². The molecule has 0 aliphatic heterocycles. The summed E-state index contributed by atoms with van der Waals surface area (Å²) in [6, 6.07) is 14.0. The number of fused-ring (bicyclic) bond motifs is 1. The molecule has 4 aromatic rings. The summed E-state index contributed by atoms with van der Waals surface area (Å²) in [7, 11) is -1.98. The first-order valence-corrected chi connectivity index (χ1v) is 11.2. The summed E-state index contributed by atoms with van der Waals surface area (Å²) in [4.78, 5) is 13.4. The van der Waals surface area contributed by atoms with Gasteiger partial charge in [0.25, 0.3) is 0 Å². The summed E-state index contributed by atoms with van der Waals surface area (Å²) in [6.45, 7) is 0.819. The first-order valence-electron chi connectivity index (χ1n) is 9.68. The molecule has 3 aromatic heterocycles. The summed E-state index contributed by atoms with van der Waals surface area (Å²) >= 11 is 0. The minimum absolute atomic E-state index is 0.191. The number of hydrogen-bond acceptors (Lipinski definition) is 7. The number of imidazole rings is 1. The Bertz CT molecular complexity index is 1270. The standard InChI is InChI=1S/C21H22N6O3S/c1-30-14-4-11-24-31(28,29)17-8-6-16(7-9-17)25-21-22-12-10-18(26-21)19-15-23-20-5-2-3-13-27(19)20/h2-3,5-10,12-13,15,24H,4,11,14H2,1H3,(H,22,25,26). The largest absolute Gasteiger partial charge is 0.385 e. The molecule has 9 nitrogen and oxygen atoms in total. The quantitative estimate of drug-likeness (QED) is 0.387. The van der Waals surface area contributed by atoms with Crippen LogP contribution in [0.15, 0.2) is 72.0 Å². The molecule has 0 bridgehead atoms. The van der Waals surface area contributed by atoms with Crippen molar-refractivity contribution >= 4 is 27.3 Å². The van der Waals surface area contributed by atoms with Crippen molar-refractivity contribution in [1.82, 2.24) is 24.1 Å². The highest BCUT2D eigenvalue weighted by Gasteiger charge is 2.13. The van der Waals surface area contributed by atoms with Crippen LogP contribution in [-0.2, 0) is 14.8 Å². The predicted molar refractivity (Wildman–Crippen MR) is 118 cm³/mol. The zero-order valence-electron chi connectivity index (χ0n) is 16.9. The van der Waals surface area contributed by atoms with Gasteiger partial charge in [0.1, 0.15) is 5.65 Å². The van der Waals surface area contributed by atoms with Gasteiger partial charge < -0.3 is 10.1 Å². The molecule has 0 unspecified atom stereocenters. The number of anilines is 2. The smallest absolute Gasteiger partial charge is 0.240 e. The van der Waals surface area contributed by atoms with Crippen molar-refractivity contribution in [3.05, 3.63) is 67.1 Å². The highest BCUT2D eigenvalue weighted by atomic mass is 32.2. The fourth-order valence-corrected chi connectivity index (χ4v) is 4.11. The zero-order chi connectivity index (χ0) is 21.7. The number of nitrogens with zero attached hydrogens (tertiary/aromatic N) is 4. The second kappa shape index (κ2) is 9.21. The van der Waals surface area contributed by atoms with E-state index in [4.69, 9.17) is 4.74 Å².